The van der Waals surface area contributed by atoms with Gasteiger partial charge in [0.15, 0.2) is 5.65 Å². The number of aryl methyl sites for hydroxylation is 2. The van der Waals surface area contributed by atoms with Crippen LogP contribution in [0.4, 0.5) is 0 Å². The summed E-state index contributed by atoms with van der Waals surface area (Å²) in [5.41, 5.74) is 4.27. The molecule has 2 rings (SSSR count). The monoisotopic (exact) mass is 290 g/mol. The van der Waals surface area contributed by atoms with E-state index in [9.17, 15) is 0 Å². The molecule has 0 fully saturated rings. The largest absolute Gasteiger partial charge is 0.309 e. The van der Waals surface area contributed by atoms with Crippen molar-refractivity contribution in [1.29, 1.82) is 0 Å². The van der Waals surface area contributed by atoms with Gasteiger partial charge in [-0.15, -0.1) is 6.58 Å². The molecule has 0 aliphatic rings. The first-order valence-electron chi connectivity index (χ1n) is 6.87. The lowest BCUT2D eigenvalue weighted by atomic mass is 10.1. The molecule has 1 N–H and O–H groups in total. The minimum Gasteiger partial charge on any atom is -0.309 e. The number of rotatable bonds is 7. The highest BCUT2D eigenvalue weighted by atomic mass is 32.2. The van der Waals surface area contributed by atoms with Crippen molar-refractivity contribution in [3.05, 3.63) is 41.9 Å². The molecule has 108 valence electrons. The van der Waals surface area contributed by atoms with E-state index < -0.39 is 0 Å². The second-order valence-corrected chi connectivity index (χ2v) is 6.04. The summed E-state index contributed by atoms with van der Waals surface area (Å²) in [7, 11) is 0. The molecule has 0 spiro atoms. The molecule has 0 saturated carbocycles. The van der Waals surface area contributed by atoms with E-state index in [1.165, 1.54) is 5.56 Å². The first-order chi connectivity index (χ1) is 9.63. The lowest BCUT2D eigenvalue weighted by Gasteiger charge is -2.16. The normalized spacial score (nSPS) is 12.8. The molecule has 0 aromatic carbocycles. The van der Waals surface area contributed by atoms with Gasteiger partial charge in [0.05, 0.1) is 5.69 Å². The van der Waals surface area contributed by atoms with E-state index in [0.717, 1.165) is 35.1 Å². The Morgan fingerprint density at radius 2 is 2.30 bits per heavy atom. The van der Waals surface area contributed by atoms with Crippen LogP contribution in [-0.4, -0.2) is 32.6 Å². The molecular formula is C15H22N4S. The first-order valence-corrected chi connectivity index (χ1v) is 8.03. The number of aromatic nitrogens is 3. The average Bonchev–Trinajstić information content (AvgIpc) is 2.80. The number of nitrogens with zero attached hydrogens (tertiary/aromatic N) is 3. The van der Waals surface area contributed by atoms with Gasteiger partial charge in [0.2, 0.25) is 0 Å². The van der Waals surface area contributed by atoms with Crippen molar-refractivity contribution in [3.63, 3.8) is 0 Å². The van der Waals surface area contributed by atoms with Crippen molar-refractivity contribution >= 4 is 17.4 Å². The predicted molar refractivity (Wildman–Crippen MR) is 86.4 cm³/mol. The number of hydrogen-bond acceptors (Lipinski definition) is 4. The Hall–Kier alpha value is -1.33. The second-order valence-electron chi connectivity index (χ2n) is 4.89. The molecule has 2 aromatic rings. The highest BCUT2D eigenvalue weighted by Crippen LogP contribution is 2.17. The van der Waals surface area contributed by atoms with Crippen molar-refractivity contribution in [3.8, 4) is 0 Å². The number of fused-ring (bicyclic) bond motifs is 1. The molecule has 0 aliphatic heterocycles. The molecule has 4 nitrogen and oxygen atoms in total. The molecule has 0 bridgehead atoms. The molecule has 0 aliphatic carbocycles. The maximum Gasteiger partial charge on any atom is 0.155 e. The van der Waals surface area contributed by atoms with Crippen LogP contribution in [0.25, 0.3) is 5.65 Å². The van der Waals surface area contributed by atoms with Gasteiger partial charge >= 0.3 is 0 Å². The van der Waals surface area contributed by atoms with E-state index in [1.807, 2.05) is 41.5 Å². The molecule has 2 aromatic heterocycles. The molecule has 0 radical (unpaired) electrons. The first kappa shape index (κ1) is 15.1. The van der Waals surface area contributed by atoms with Crippen molar-refractivity contribution in [1.82, 2.24) is 19.9 Å². The summed E-state index contributed by atoms with van der Waals surface area (Å²) >= 11 is 1.89. The average molecular weight is 290 g/mol. The third-order valence-electron chi connectivity index (χ3n) is 3.28. The number of nitrogens with one attached hydrogen (secondary N) is 1. The Kier molecular flexibility index (Phi) is 5.20. The van der Waals surface area contributed by atoms with Crippen LogP contribution in [0, 0.1) is 13.8 Å². The zero-order valence-electron chi connectivity index (χ0n) is 12.4. The van der Waals surface area contributed by atoms with Crippen LogP contribution in [0.1, 0.15) is 29.9 Å². The van der Waals surface area contributed by atoms with Crippen molar-refractivity contribution in [2.24, 2.45) is 0 Å². The summed E-state index contributed by atoms with van der Waals surface area (Å²) in [6.07, 6.45) is 3.90. The van der Waals surface area contributed by atoms with Crippen LogP contribution in [0.15, 0.2) is 24.9 Å². The van der Waals surface area contributed by atoms with Crippen molar-refractivity contribution in [2.45, 2.75) is 26.8 Å². The summed E-state index contributed by atoms with van der Waals surface area (Å²) in [6, 6.07) is 2.28. The van der Waals surface area contributed by atoms with E-state index in [1.54, 1.807) is 0 Å². The van der Waals surface area contributed by atoms with Crippen LogP contribution in [-0.2, 0) is 0 Å². The Balaban J connectivity index is 2.04. The highest BCUT2D eigenvalue weighted by molar-refractivity contribution is 7.99. The smallest absolute Gasteiger partial charge is 0.155 e. The van der Waals surface area contributed by atoms with Gasteiger partial charge < -0.3 is 5.32 Å². The standard InChI is InChI=1S/C15H22N4S/c1-5-7-20-8-6-16-12(3)14-10-17-15-9-11(2)18-19(15)13(14)4/h5,9-10,12,16H,1,6-8H2,2-4H3. The van der Waals surface area contributed by atoms with Gasteiger partial charge in [-0.05, 0) is 20.8 Å². The number of thioether (sulfide) groups is 1. The minimum atomic E-state index is 0.278. The van der Waals surface area contributed by atoms with Gasteiger partial charge in [-0.1, -0.05) is 6.08 Å². The van der Waals surface area contributed by atoms with E-state index >= 15 is 0 Å². The fourth-order valence-electron chi connectivity index (χ4n) is 2.23. The Morgan fingerprint density at radius 3 is 3.05 bits per heavy atom. The van der Waals surface area contributed by atoms with Crippen LogP contribution < -0.4 is 5.32 Å². The van der Waals surface area contributed by atoms with Crippen LogP contribution in [0.3, 0.4) is 0 Å². The molecular weight excluding hydrogens is 268 g/mol. The van der Waals surface area contributed by atoms with Crippen LogP contribution in [0.2, 0.25) is 0 Å². The van der Waals surface area contributed by atoms with Gasteiger partial charge in [0.1, 0.15) is 0 Å². The molecule has 0 saturated heterocycles. The third-order valence-corrected chi connectivity index (χ3v) is 4.25. The Morgan fingerprint density at radius 1 is 1.50 bits per heavy atom. The summed E-state index contributed by atoms with van der Waals surface area (Å²) in [4.78, 5) is 4.48. The summed E-state index contributed by atoms with van der Waals surface area (Å²) < 4.78 is 1.93. The van der Waals surface area contributed by atoms with Gasteiger partial charge in [0, 0.05) is 47.6 Å². The zero-order valence-corrected chi connectivity index (χ0v) is 13.2. The van der Waals surface area contributed by atoms with Crippen LogP contribution in [0.5, 0.6) is 0 Å². The molecule has 20 heavy (non-hydrogen) atoms. The van der Waals surface area contributed by atoms with Crippen LogP contribution >= 0.6 is 11.8 Å². The maximum absolute atomic E-state index is 4.49. The lowest BCUT2D eigenvalue weighted by Crippen LogP contribution is -2.23. The van der Waals surface area contributed by atoms with Gasteiger partial charge in [-0.2, -0.15) is 16.9 Å². The SMILES string of the molecule is C=CCSCCNC(C)c1cnc2cc(C)nn2c1C. The summed E-state index contributed by atoms with van der Waals surface area (Å²) in [6.45, 7) is 11.0. The highest BCUT2D eigenvalue weighted by Gasteiger charge is 2.12. The Bertz CT molecular complexity index is 591. The van der Waals surface area contributed by atoms with Gasteiger partial charge in [-0.25, -0.2) is 9.50 Å². The number of hydrogen-bond donors (Lipinski definition) is 1. The fraction of sp³-hybridized carbons (Fsp3) is 0.467. The van der Waals surface area contributed by atoms with E-state index in [2.05, 4.69) is 35.8 Å². The molecule has 1 unspecified atom stereocenters. The van der Waals surface area contributed by atoms with Gasteiger partial charge in [0.25, 0.3) is 0 Å². The topological polar surface area (TPSA) is 42.2 Å². The molecule has 5 heteroatoms. The maximum atomic E-state index is 4.49. The molecule has 1 atom stereocenters. The minimum absolute atomic E-state index is 0.278. The van der Waals surface area contributed by atoms with Gasteiger partial charge in [-0.3, -0.25) is 0 Å². The zero-order chi connectivity index (χ0) is 14.5. The fourth-order valence-corrected chi connectivity index (χ4v) is 2.82. The molecule has 2 heterocycles. The quantitative estimate of drug-likeness (QED) is 0.629. The van der Waals surface area contributed by atoms with E-state index in [0.29, 0.717) is 0 Å². The Labute approximate surface area is 124 Å². The van der Waals surface area contributed by atoms with Crippen molar-refractivity contribution in [2.75, 3.05) is 18.1 Å². The second kappa shape index (κ2) is 6.90. The van der Waals surface area contributed by atoms with E-state index in [4.69, 9.17) is 0 Å². The predicted octanol–water partition coefficient (Wildman–Crippen LogP) is 2.92. The summed E-state index contributed by atoms with van der Waals surface area (Å²) in [5.74, 6) is 2.10. The summed E-state index contributed by atoms with van der Waals surface area (Å²) in [5, 5.41) is 8.02. The third kappa shape index (κ3) is 3.41. The van der Waals surface area contributed by atoms with Crippen molar-refractivity contribution < 1.29 is 0 Å². The lowest BCUT2D eigenvalue weighted by molar-refractivity contribution is 0.589. The van der Waals surface area contributed by atoms with E-state index in [-0.39, 0.29) is 6.04 Å². The molecule has 0 amide bonds.